The number of para-hydroxylation sites is 1. The number of unbranched alkanes of at least 4 members (excludes halogenated alkanes) is 1. The molecule has 0 radical (unpaired) electrons. The van der Waals surface area contributed by atoms with Crippen LogP contribution in [-0.4, -0.2) is 165 Å². The number of fused-ring (bicyclic) bond motifs is 1. The summed E-state index contributed by atoms with van der Waals surface area (Å²) in [5, 5.41) is 50.8. The zero-order chi connectivity index (χ0) is 59.2. The van der Waals surface area contributed by atoms with Crippen LogP contribution in [0.2, 0.25) is 0 Å². The third-order valence-electron chi connectivity index (χ3n) is 13.2. The molecule has 0 aliphatic heterocycles. The van der Waals surface area contributed by atoms with Crippen molar-refractivity contribution in [2.24, 2.45) is 28.9 Å². The second-order valence-corrected chi connectivity index (χ2v) is 21.4. The molecule has 0 spiro atoms. The number of rotatable bonds is 36. The lowest BCUT2D eigenvalue weighted by Crippen LogP contribution is -2.57. The number of aliphatic hydroxyl groups excluding tert-OH is 2. The Balaban J connectivity index is 1.14. The Morgan fingerprint density at radius 1 is 0.765 bits per heavy atom. The maximum Gasteiger partial charge on any atom is 0.271 e. The number of nitrogen functional groups attached to an aromatic ring is 1. The van der Waals surface area contributed by atoms with E-state index >= 15 is 0 Å². The van der Waals surface area contributed by atoms with E-state index in [-0.39, 0.29) is 54.7 Å². The number of hydrogen-bond donors (Lipinski definition) is 16. The summed E-state index contributed by atoms with van der Waals surface area (Å²) in [6.07, 6.45) is 2.54. The molecule has 0 saturated heterocycles. The smallest absolute Gasteiger partial charge is 0.271 e. The fourth-order valence-corrected chi connectivity index (χ4v) is 9.92. The number of aromatic amines is 1. The van der Waals surface area contributed by atoms with Crippen molar-refractivity contribution >= 4 is 80.7 Å². The molecule has 0 saturated carbocycles. The molecule has 7 amide bonds. The summed E-state index contributed by atoms with van der Waals surface area (Å²) >= 11 is 2.63. The second kappa shape index (κ2) is 32.4. The molecule has 0 unspecified atom stereocenters. The van der Waals surface area contributed by atoms with Crippen molar-refractivity contribution in [3.05, 3.63) is 74.6 Å². The number of aromatic nitrogens is 5. The second-order valence-electron chi connectivity index (χ2n) is 19.6. The quantitative estimate of drug-likeness (QED) is 0.0198. The fraction of sp³-hybridized carbons (Fsp3) is 0.519. The van der Waals surface area contributed by atoms with Crippen molar-refractivity contribution in [2.45, 2.75) is 115 Å². The van der Waals surface area contributed by atoms with Gasteiger partial charge in [0.05, 0.1) is 41.3 Å². The number of thiazole rings is 2. The fourth-order valence-electron chi connectivity index (χ4n) is 8.30. The minimum atomic E-state index is -1.55. The van der Waals surface area contributed by atoms with Crippen LogP contribution >= 0.6 is 22.7 Å². The Kier molecular flexibility index (Phi) is 25.9. The van der Waals surface area contributed by atoms with Gasteiger partial charge in [0.2, 0.25) is 29.5 Å². The van der Waals surface area contributed by atoms with Gasteiger partial charge in [-0.25, -0.2) is 19.9 Å². The lowest BCUT2D eigenvalue weighted by Gasteiger charge is -2.29. The van der Waals surface area contributed by atoms with Crippen LogP contribution in [0.5, 0.6) is 0 Å². The molecule has 29 heteroatoms. The number of hydrogen-bond acceptors (Lipinski definition) is 21. The van der Waals surface area contributed by atoms with Crippen LogP contribution in [0.1, 0.15) is 102 Å². The van der Waals surface area contributed by atoms with Crippen molar-refractivity contribution in [2.75, 3.05) is 58.1 Å². The number of anilines is 1. The number of nitrogens with one attached hydrogen (secondary N) is 9. The van der Waals surface area contributed by atoms with Crippen LogP contribution < -0.4 is 71.2 Å². The molecule has 27 nitrogen and oxygen atoms in total. The molecule has 1 aromatic carbocycles. The minimum Gasteiger partial charge on any atom is -0.391 e. The first-order valence-electron chi connectivity index (χ1n) is 26.8. The van der Waals surface area contributed by atoms with Crippen LogP contribution in [0.25, 0.3) is 21.6 Å². The molecule has 21 N–H and O–H groups in total. The van der Waals surface area contributed by atoms with E-state index in [2.05, 4.69) is 67.5 Å². The Labute approximate surface area is 477 Å². The number of H-pyrrole nitrogens is 1. The molecule has 5 rings (SSSR count). The third-order valence-corrected chi connectivity index (χ3v) is 14.9. The first-order chi connectivity index (χ1) is 38.7. The molecule has 442 valence electrons. The molecule has 0 aliphatic rings. The van der Waals surface area contributed by atoms with Crippen LogP contribution in [0, 0.1) is 12.8 Å². The van der Waals surface area contributed by atoms with Gasteiger partial charge < -0.3 is 86.4 Å². The Hall–Kier alpha value is -7.09. The van der Waals surface area contributed by atoms with Gasteiger partial charge in [0, 0.05) is 72.3 Å². The average Bonchev–Trinajstić information content (AvgIpc) is 4.23. The van der Waals surface area contributed by atoms with E-state index in [1.807, 2.05) is 24.3 Å². The molecule has 5 aromatic rings. The van der Waals surface area contributed by atoms with Crippen LogP contribution in [0.15, 0.2) is 41.2 Å². The van der Waals surface area contributed by atoms with Crippen molar-refractivity contribution in [3.8, 4) is 10.7 Å². The van der Waals surface area contributed by atoms with Crippen LogP contribution in [-0.2, 0) is 36.8 Å². The monoisotopic (exact) mass is 1160 g/mol. The van der Waals surface area contributed by atoms with Crippen LogP contribution in [0.3, 0.4) is 0 Å². The molecule has 0 fully saturated rings. The SMILES string of the molecule is Cc1c(N)nc([C@H](CC(N)=O)NC[C@H](N)C(N)=O)nc1C(=O)N[C@@H](Cc1c[nH]c2ccccc12)C(=O)N[C@H](C)[C@@H](O)[C@H](C)C(=O)N[C@H](C(=O)NCCc1nc(-c2nc(C(=O)NCCCNCCCCNCCCN)cs2)cs1)[C@@H](C)O. The number of amides is 7. The molecule has 4 aromatic heterocycles. The van der Waals surface area contributed by atoms with E-state index in [1.54, 1.807) is 17.0 Å². The van der Waals surface area contributed by atoms with Gasteiger partial charge >= 0.3 is 0 Å². The van der Waals surface area contributed by atoms with E-state index in [4.69, 9.17) is 28.7 Å². The first-order valence-corrected chi connectivity index (χ1v) is 28.6. The average molecular weight is 1160 g/mol. The zero-order valence-electron chi connectivity index (χ0n) is 46.0. The maximum atomic E-state index is 14.3. The van der Waals surface area contributed by atoms with Crippen molar-refractivity contribution in [1.82, 2.24) is 67.5 Å². The lowest BCUT2D eigenvalue weighted by atomic mass is 9.96. The topological polar surface area (TPSA) is 454 Å². The number of carbonyl (C=O) groups excluding carboxylic acids is 7. The highest BCUT2D eigenvalue weighted by atomic mass is 32.1. The standard InChI is InChI=1S/C52H78N18O9S2/c1-27-41(68-46(70-44(27)56)35(22-39(55)72)63-24-33(54)45(57)74)51(79)66-36(21-31-23-62-34-12-6-5-11-32(31)34)49(77)64-29(3)43(73)28(2)47(75)69-42(30(4)71)50(78)61-20-13-40-65-38(26-80-40)52-67-37(25-81-52)48(76)60-19-10-18-59-16-8-7-15-58-17-9-14-53/h5-6,11-12,23,25-26,28-30,33,35-36,42-43,58-59,62-63,71,73H,7-10,13-22,24,53-54H2,1-4H3,(H2,55,72)(H2,57,74)(H,60,76)(H,61,78)(H,64,77)(H,66,79)(H,69,75)(H2,56,68,70)/t28-,29+,30+,33-,35-,36-,42-,43-/m0/s1. The molecule has 4 heterocycles. The van der Waals surface area contributed by atoms with Crippen molar-refractivity contribution in [1.29, 1.82) is 0 Å². The predicted octanol–water partition coefficient (Wildman–Crippen LogP) is -1.76. The van der Waals surface area contributed by atoms with E-state index in [0.29, 0.717) is 46.5 Å². The van der Waals surface area contributed by atoms with Gasteiger partial charge in [0.1, 0.15) is 45.8 Å². The molecule has 0 bridgehead atoms. The molecular weight excluding hydrogens is 1080 g/mol. The third kappa shape index (κ3) is 19.8. The number of carbonyl (C=O) groups is 7. The van der Waals surface area contributed by atoms with Gasteiger partial charge in [-0.2, -0.15) is 0 Å². The van der Waals surface area contributed by atoms with Gasteiger partial charge in [0.25, 0.3) is 11.8 Å². The predicted molar refractivity (Wildman–Crippen MR) is 308 cm³/mol. The highest BCUT2D eigenvalue weighted by molar-refractivity contribution is 7.14. The molecule has 0 aliphatic carbocycles. The first kappa shape index (κ1) is 64.7. The maximum absolute atomic E-state index is 14.3. The molecular formula is C52H78N18O9S2. The van der Waals surface area contributed by atoms with Gasteiger partial charge in [-0.15, -0.1) is 22.7 Å². The summed E-state index contributed by atoms with van der Waals surface area (Å²) in [6, 6.07) is 1.23. The number of nitrogens with two attached hydrogens (primary N) is 5. The summed E-state index contributed by atoms with van der Waals surface area (Å²) in [6.45, 7) is 10.3. The van der Waals surface area contributed by atoms with Crippen molar-refractivity contribution in [3.63, 3.8) is 0 Å². The van der Waals surface area contributed by atoms with E-state index in [0.717, 1.165) is 62.8 Å². The lowest BCUT2D eigenvalue weighted by molar-refractivity contribution is -0.136. The number of benzene rings is 1. The summed E-state index contributed by atoms with van der Waals surface area (Å²) in [4.78, 5) is 113. The van der Waals surface area contributed by atoms with Gasteiger partial charge in [-0.05, 0) is 90.8 Å². The molecule has 81 heavy (non-hydrogen) atoms. The number of nitrogens with zero attached hydrogens (tertiary/aromatic N) is 4. The highest BCUT2D eigenvalue weighted by Crippen LogP contribution is 2.26. The minimum absolute atomic E-state index is 0.0686. The largest absolute Gasteiger partial charge is 0.391 e. The molecule has 8 atom stereocenters. The summed E-state index contributed by atoms with van der Waals surface area (Å²) in [5.74, 6) is -6.48. The van der Waals surface area contributed by atoms with Gasteiger partial charge in [-0.1, -0.05) is 25.1 Å². The summed E-state index contributed by atoms with van der Waals surface area (Å²) in [5.41, 5.74) is 30.5. The van der Waals surface area contributed by atoms with Gasteiger partial charge in [-0.3, -0.25) is 33.6 Å². The van der Waals surface area contributed by atoms with Crippen LogP contribution in [0.4, 0.5) is 5.82 Å². The Morgan fingerprint density at radius 2 is 1.47 bits per heavy atom. The number of primary amides is 2. The zero-order valence-corrected chi connectivity index (χ0v) is 47.6. The Morgan fingerprint density at radius 3 is 2.16 bits per heavy atom. The number of aliphatic hydroxyl groups is 2. The Bertz CT molecular complexity index is 2900. The van der Waals surface area contributed by atoms with E-state index in [1.165, 1.54) is 50.4 Å². The summed E-state index contributed by atoms with van der Waals surface area (Å²) in [7, 11) is 0. The van der Waals surface area contributed by atoms with Crippen molar-refractivity contribution < 1.29 is 43.8 Å². The normalized spacial score (nSPS) is 14.4. The van der Waals surface area contributed by atoms with E-state index < -0.39 is 83.8 Å². The highest BCUT2D eigenvalue weighted by Gasteiger charge is 2.35. The van der Waals surface area contributed by atoms with E-state index in [9.17, 15) is 43.8 Å². The van der Waals surface area contributed by atoms with Gasteiger partial charge in [0.15, 0.2) is 0 Å². The summed E-state index contributed by atoms with van der Waals surface area (Å²) < 4.78 is 0.